The molecule has 2 aromatic rings. The lowest BCUT2D eigenvalue weighted by atomic mass is 10.1. The minimum Gasteiger partial charge on any atom is -0.342 e. The topological polar surface area (TPSA) is 17.0 Å². The molecule has 84 valence electrons. The lowest BCUT2D eigenvalue weighted by molar-refractivity contribution is 0.523. The number of fused-ring (bicyclic) bond motifs is 3. The van der Waals surface area contributed by atoms with Crippen molar-refractivity contribution in [2.24, 2.45) is 0 Å². The second kappa shape index (κ2) is 3.63. The summed E-state index contributed by atoms with van der Waals surface area (Å²) in [4.78, 5) is 0. The zero-order valence-corrected chi connectivity index (χ0v) is 10.0. The van der Waals surface area contributed by atoms with E-state index in [4.69, 9.17) is 0 Å². The lowest BCUT2D eigenvalue weighted by Gasteiger charge is -2.18. The summed E-state index contributed by atoms with van der Waals surface area (Å²) in [6.07, 6.45) is 1.13. The Balaban J connectivity index is 2.37. The molecule has 16 heavy (non-hydrogen) atoms. The van der Waals surface area contributed by atoms with Crippen LogP contribution in [-0.2, 0) is 19.5 Å². The number of hydrogen-bond donors (Lipinski definition) is 1. The Kier molecular flexibility index (Phi) is 2.25. The van der Waals surface area contributed by atoms with Gasteiger partial charge in [0.05, 0.1) is 0 Å². The molecule has 0 radical (unpaired) electrons. The molecule has 2 nitrogen and oxygen atoms in total. The molecule has 1 aromatic carbocycles. The van der Waals surface area contributed by atoms with Crippen LogP contribution in [0.25, 0.3) is 10.9 Å². The third kappa shape index (κ3) is 1.30. The van der Waals surface area contributed by atoms with Crippen molar-refractivity contribution in [2.75, 3.05) is 6.54 Å². The number of nitrogens with one attached hydrogen (secondary N) is 1. The molecule has 1 N–H and O–H groups in total. The van der Waals surface area contributed by atoms with E-state index in [1.165, 1.54) is 27.7 Å². The van der Waals surface area contributed by atoms with Crippen molar-refractivity contribution in [3.8, 4) is 0 Å². The standard InChI is InChI=1S/C14H18N2/c1-3-11-12-5-4-10(2)8-13(12)16-7-6-15-9-14(11)16/h4-5,8,15H,3,6-7,9H2,1-2H3. The van der Waals surface area contributed by atoms with Gasteiger partial charge in [-0.1, -0.05) is 19.1 Å². The van der Waals surface area contributed by atoms with Crippen LogP contribution in [0.3, 0.4) is 0 Å². The first-order valence-electron chi connectivity index (χ1n) is 6.12. The number of hydrogen-bond acceptors (Lipinski definition) is 1. The van der Waals surface area contributed by atoms with Crippen LogP contribution in [0.5, 0.6) is 0 Å². The lowest BCUT2D eigenvalue weighted by Crippen LogP contribution is -2.28. The van der Waals surface area contributed by atoms with Gasteiger partial charge in [0.15, 0.2) is 0 Å². The Morgan fingerprint density at radius 3 is 3.06 bits per heavy atom. The highest BCUT2D eigenvalue weighted by Gasteiger charge is 2.17. The summed E-state index contributed by atoms with van der Waals surface area (Å²) in [5, 5.41) is 4.92. The fourth-order valence-electron chi connectivity index (χ4n) is 2.83. The SMILES string of the molecule is CCc1c2n(c3cc(C)ccc13)CCNC2. The van der Waals surface area contributed by atoms with Crippen LogP contribution in [-0.4, -0.2) is 11.1 Å². The highest BCUT2D eigenvalue weighted by Crippen LogP contribution is 2.28. The van der Waals surface area contributed by atoms with Crippen molar-refractivity contribution in [2.45, 2.75) is 33.4 Å². The van der Waals surface area contributed by atoms with Gasteiger partial charge in [-0.25, -0.2) is 0 Å². The number of nitrogens with zero attached hydrogens (tertiary/aromatic N) is 1. The zero-order chi connectivity index (χ0) is 11.1. The van der Waals surface area contributed by atoms with Gasteiger partial charge in [0.1, 0.15) is 0 Å². The number of benzene rings is 1. The maximum Gasteiger partial charge on any atom is 0.0488 e. The zero-order valence-electron chi connectivity index (χ0n) is 10.0. The molecule has 0 atom stereocenters. The van der Waals surface area contributed by atoms with Gasteiger partial charge in [0, 0.05) is 36.2 Å². The molecule has 0 unspecified atom stereocenters. The monoisotopic (exact) mass is 214 g/mol. The van der Waals surface area contributed by atoms with Gasteiger partial charge < -0.3 is 9.88 Å². The Morgan fingerprint density at radius 2 is 2.25 bits per heavy atom. The van der Waals surface area contributed by atoms with Gasteiger partial charge in [0.25, 0.3) is 0 Å². The molecular weight excluding hydrogens is 196 g/mol. The fourth-order valence-corrected chi connectivity index (χ4v) is 2.83. The molecule has 3 rings (SSSR count). The van der Waals surface area contributed by atoms with Gasteiger partial charge in [-0.2, -0.15) is 0 Å². The van der Waals surface area contributed by atoms with Crippen LogP contribution in [0, 0.1) is 6.92 Å². The van der Waals surface area contributed by atoms with Gasteiger partial charge >= 0.3 is 0 Å². The summed E-state index contributed by atoms with van der Waals surface area (Å²) in [6, 6.07) is 6.83. The maximum absolute atomic E-state index is 3.47. The number of rotatable bonds is 1. The van der Waals surface area contributed by atoms with Crippen molar-refractivity contribution in [3.63, 3.8) is 0 Å². The van der Waals surface area contributed by atoms with E-state index in [9.17, 15) is 0 Å². The van der Waals surface area contributed by atoms with Crippen LogP contribution in [0.1, 0.15) is 23.7 Å². The van der Waals surface area contributed by atoms with Gasteiger partial charge in [0.2, 0.25) is 0 Å². The largest absolute Gasteiger partial charge is 0.342 e. The van der Waals surface area contributed by atoms with Crippen molar-refractivity contribution < 1.29 is 0 Å². The van der Waals surface area contributed by atoms with Crippen molar-refractivity contribution >= 4 is 10.9 Å². The van der Waals surface area contributed by atoms with E-state index < -0.39 is 0 Å². The smallest absolute Gasteiger partial charge is 0.0488 e. The van der Waals surface area contributed by atoms with E-state index in [1.54, 1.807) is 0 Å². The summed E-state index contributed by atoms with van der Waals surface area (Å²) in [5.41, 5.74) is 5.80. The highest BCUT2D eigenvalue weighted by atomic mass is 15.1. The first kappa shape index (κ1) is 9.91. The predicted molar refractivity (Wildman–Crippen MR) is 67.8 cm³/mol. The van der Waals surface area contributed by atoms with E-state index >= 15 is 0 Å². The average molecular weight is 214 g/mol. The molecule has 2 heterocycles. The molecule has 1 aliphatic rings. The fraction of sp³-hybridized carbons (Fsp3) is 0.429. The molecule has 0 amide bonds. The van der Waals surface area contributed by atoms with Crippen molar-refractivity contribution in [1.82, 2.24) is 9.88 Å². The molecule has 0 bridgehead atoms. The van der Waals surface area contributed by atoms with Gasteiger partial charge in [-0.3, -0.25) is 0 Å². The van der Waals surface area contributed by atoms with Crippen molar-refractivity contribution in [1.29, 1.82) is 0 Å². The molecule has 0 saturated heterocycles. The molecule has 0 saturated carbocycles. The van der Waals surface area contributed by atoms with Crippen LogP contribution in [0.4, 0.5) is 0 Å². The molecular formula is C14H18N2. The molecule has 0 fully saturated rings. The second-order valence-electron chi connectivity index (χ2n) is 4.63. The quantitative estimate of drug-likeness (QED) is 0.772. The predicted octanol–water partition coefficient (Wildman–Crippen LogP) is 2.62. The average Bonchev–Trinajstić information content (AvgIpc) is 2.62. The first-order valence-corrected chi connectivity index (χ1v) is 6.12. The molecule has 1 aliphatic heterocycles. The third-order valence-electron chi connectivity index (χ3n) is 3.60. The molecule has 2 heteroatoms. The molecule has 1 aromatic heterocycles. The van der Waals surface area contributed by atoms with Crippen molar-refractivity contribution in [3.05, 3.63) is 35.0 Å². The minimum absolute atomic E-state index is 1.02. The Morgan fingerprint density at radius 1 is 1.38 bits per heavy atom. The Bertz CT molecular complexity index is 537. The Labute approximate surface area is 96.3 Å². The summed E-state index contributed by atoms with van der Waals surface area (Å²) in [6.45, 7) is 7.65. The highest BCUT2D eigenvalue weighted by molar-refractivity contribution is 5.86. The third-order valence-corrected chi connectivity index (χ3v) is 3.60. The summed E-state index contributed by atoms with van der Waals surface area (Å²) in [5.74, 6) is 0. The van der Waals surface area contributed by atoms with Crippen LogP contribution < -0.4 is 5.32 Å². The number of aryl methyl sites for hydroxylation is 2. The summed E-state index contributed by atoms with van der Waals surface area (Å²) >= 11 is 0. The van der Waals surface area contributed by atoms with E-state index in [0.717, 1.165) is 26.1 Å². The maximum atomic E-state index is 3.47. The van der Waals surface area contributed by atoms with E-state index in [0.29, 0.717) is 0 Å². The van der Waals surface area contributed by atoms with E-state index in [2.05, 4.69) is 41.9 Å². The van der Waals surface area contributed by atoms with Crippen LogP contribution >= 0.6 is 0 Å². The van der Waals surface area contributed by atoms with Gasteiger partial charge in [-0.15, -0.1) is 0 Å². The normalized spacial score (nSPS) is 15.4. The summed E-state index contributed by atoms with van der Waals surface area (Å²) in [7, 11) is 0. The number of aromatic nitrogens is 1. The summed E-state index contributed by atoms with van der Waals surface area (Å²) < 4.78 is 2.50. The second-order valence-corrected chi connectivity index (χ2v) is 4.63. The van der Waals surface area contributed by atoms with E-state index in [-0.39, 0.29) is 0 Å². The van der Waals surface area contributed by atoms with E-state index in [1.807, 2.05) is 0 Å². The minimum atomic E-state index is 1.02. The van der Waals surface area contributed by atoms with Gasteiger partial charge in [-0.05, 0) is 30.5 Å². The van der Waals surface area contributed by atoms with Crippen LogP contribution in [0.2, 0.25) is 0 Å². The molecule has 0 aliphatic carbocycles. The van der Waals surface area contributed by atoms with Crippen LogP contribution in [0.15, 0.2) is 18.2 Å². The first-order chi connectivity index (χ1) is 7.81. The Hall–Kier alpha value is -1.28. The molecule has 0 spiro atoms.